The number of hydrogen-bond donors (Lipinski definition) is 1. The minimum absolute atomic E-state index is 0.302. The number of ether oxygens (including phenoxy) is 6. The largest absolute Gasteiger partial charge is 0.466 e. The zero-order chi connectivity index (χ0) is 30.7. The summed E-state index contributed by atoms with van der Waals surface area (Å²) in [6, 6.07) is 7.35. The zero-order valence-corrected chi connectivity index (χ0v) is 24.7. The summed E-state index contributed by atoms with van der Waals surface area (Å²) in [7, 11) is 1.13. The molecule has 41 heavy (non-hydrogen) atoms. The molecule has 1 N–H and O–H groups in total. The first-order chi connectivity index (χ1) is 19.3. The topological polar surface area (TPSA) is 170 Å². The van der Waals surface area contributed by atoms with Gasteiger partial charge in [-0.25, -0.2) is 4.79 Å². The van der Waals surface area contributed by atoms with E-state index in [-0.39, 0.29) is 6.42 Å². The summed E-state index contributed by atoms with van der Waals surface area (Å²) in [5.41, 5.74) is 0. The number of hydrogen-bond acceptors (Lipinski definition) is 13. The van der Waals surface area contributed by atoms with E-state index in [1.165, 1.54) is 6.92 Å². The molecule has 0 bridgehead atoms. The number of nitrogens with one attached hydrogen (secondary N) is 1. The van der Waals surface area contributed by atoms with Crippen molar-refractivity contribution in [1.29, 1.82) is 0 Å². The third kappa shape index (κ3) is 9.90. The van der Waals surface area contributed by atoms with Gasteiger partial charge in [-0.1, -0.05) is 30.0 Å². The predicted molar refractivity (Wildman–Crippen MR) is 142 cm³/mol. The molecule has 1 aromatic rings. The Hall–Kier alpha value is -3.36. The van der Waals surface area contributed by atoms with E-state index >= 15 is 0 Å². The minimum Gasteiger partial charge on any atom is -0.466 e. The van der Waals surface area contributed by atoms with Crippen LogP contribution in [-0.4, -0.2) is 90.7 Å². The molecule has 1 heterocycles. The lowest BCUT2D eigenvalue weighted by Gasteiger charge is -2.48. The van der Waals surface area contributed by atoms with Crippen LogP contribution in [0.3, 0.4) is 0 Å². The first kappa shape index (κ1) is 33.8. The van der Waals surface area contributed by atoms with Crippen molar-refractivity contribution in [3.05, 3.63) is 30.3 Å². The maximum Gasteiger partial charge on any atom is 0.349 e. The maximum atomic E-state index is 13.4. The third-order valence-corrected chi connectivity index (χ3v) is 7.08. The number of carbonyl (C=O) groups is 6. The number of carbonyl (C=O) groups excluding carboxylic acids is 6. The number of amides is 1. The molecule has 1 amide bonds. The summed E-state index contributed by atoms with van der Waals surface area (Å²) in [6.45, 7) is 3.87. The molecule has 1 aromatic carbocycles. The molecule has 13 nitrogen and oxygen atoms in total. The van der Waals surface area contributed by atoms with Gasteiger partial charge in [0.2, 0.25) is 10.8 Å². The van der Waals surface area contributed by atoms with Gasteiger partial charge >= 0.3 is 29.8 Å². The van der Waals surface area contributed by atoms with Crippen molar-refractivity contribution in [2.45, 2.75) is 74.4 Å². The zero-order valence-electron chi connectivity index (χ0n) is 23.1. The molecule has 0 unspecified atom stereocenters. The second-order valence-electron chi connectivity index (χ2n) is 8.86. The Morgan fingerprint density at radius 2 is 1.68 bits per heavy atom. The number of benzene rings is 1. The van der Waals surface area contributed by atoms with Crippen LogP contribution in [0, 0.1) is 0 Å². The standard InChI is InChI=1S/C26H32ClNO12S/c1-14(29)28-22-19(37-16(3)31)11-26(25(34)35-5,41-18-9-7-6-8-10-18)40-24(22)23(38-17(4)32)20(13-36-15(2)30)39-21(33)12-27/h6-10,19-20,22-24H,11-13H2,1-5H3,(H,28,29)/t19-,20+,22+,23+,24+,26-/m0/s1. The highest BCUT2D eigenvalue weighted by molar-refractivity contribution is 8.01. The molecular formula is C26H32ClNO12S. The smallest absolute Gasteiger partial charge is 0.349 e. The molecule has 1 fully saturated rings. The Bertz CT molecular complexity index is 1120. The molecule has 1 aliphatic rings. The van der Waals surface area contributed by atoms with Gasteiger partial charge in [-0.15, -0.1) is 11.6 Å². The van der Waals surface area contributed by atoms with Crippen LogP contribution >= 0.6 is 23.4 Å². The van der Waals surface area contributed by atoms with Gasteiger partial charge in [0.15, 0.2) is 12.2 Å². The molecule has 0 aromatic heterocycles. The lowest BCUT2D eigenvalue weighted by molar-refractivity contribution is -0.224. The molecule has 0 radical (unpaired) electrons. The summed E-state index contributed by atoms with van der Waals surface area (Å²) in [4.78, 5) is 72.7. The lowest BCUT2D eigenvalue weighted by Crippen LogP contribution is -2.68. The second kappa shape index (κ2) is 15.6. The van der Waals surface area contributed by atoms with Crippen LogP contribution in [0.5, 0.6) is 0 Å². The molecule has 0 aliphatic carbocycles. The first-order valence-electron chi connectivity index (χ1n) is 12.3. The monoisotopic (exact) mass is 617 g/mol. The van der Waals surface area contributed by atoms with Crippen LogP contribution in [0.2, 0.25) is 0 Å². The Labute approximate surface area is 245 Å². The van der Waals surface area contributed by atoms with Gasteiger partial charge in [-0.05, 0) is 12.1 Å². The quantitative estimate of drug-likeness (QED) is 0.204. The average Bonchev–Trinajstić information content (AvgIpc) is 2.90. The van der Waals surface area contributed by atoms with Gasteiger partial charge in [-0.3, -0.25) is 24.0 Å². The fraction of sp³-hybridized carbons (Fsp3) is 0.538. The summed E-state index contributed by atoms with van der Waals surface area (Å²) >= 11 is 6.56. The fourth-order valence-corrected chi connectivity index (χ4v) is 5.48. The number of alkyl halides is 1. The molecule has 1 saturated heterocycles. The van der Waals surface area contributed by atoms with Gasteiger partial charge in [0.1, 0.15) is 24.7 Å². The van der Waals surface area contributed by atoms with E-state index in [2.05, 4.69) is 5.32 Å². The number of halogens is 1. The van der Waals surface area contributed by atoms with Crippen molar-refractivity contribution in [3.8, 4) is 0 Å². The Kier molecular flexibility index (Phi) is 12.9. The van der Waals surface area contributed by atoms with Crippen molar-refractivity contribution < 1.29 is 57.2 Å². The van der Waals surface area contributed by atoms with E-state index in [0.29, 0.717) is 4.90 Å². The van der Waals surface area contributed by atoms with Crippen molar-refractivity contribution in [3.63, 3.8) is 0 Å². The molecule has 0 spiro atoms. The van der Waals surface area contributed by atoms with Crippen LogP contribution in [0.4, 0.5) is 0 Å². The van der Waals surface area contributed by atoms with E-state index in [4.69, 9.17) is 40.0 Å². The van der Waals surface area contributed by atoms with E-state index in [1.807, 2.05) is 0 Å². The van der Waals surface area contributed by atoms with Gasteiger partial charge in [0.25, 0.3) is 0 Å². The van der Waals surface area contributed by atoms with Crippen molar-refractivity contribution in [2.75, 3.05) is 19.6 Å². The predicted octanol–water partition coefficient (Wildman–Crippen LogP) is 1.52. The first-order valence-corrected chi connectivity index (χ1v) is 13.7. The molecular weight excluding hydrogens is 586 g/mol. The van der Waals surface area contributed by atoms with Crippen LogP contribution in [0.1, 0.15) is 34.1 Å². The third-order valence-electron chi connectivity index (χ3n) is 5.60. The number of esters is 5. The Morgan fingerprint density at radius 1 is 1.02 bits per heavy atom. The van der Waals surface area contributed by atoms with Gasteiger partial charge in [0.05, 0.1) is 13.2 Å². The van der Waals surface area contributed by atoms with Crippen molar-refractivity contribution in [1.82, 2.24) is 5.32 Å². The Morgan fingerprint density at radius 3 is 2.20 bits per heavy atom. The van der Waals surface area contributed by atoms with E-state index in [0.717, 1.165) is 39.6 Å². The van der Waals surface area contributed by atoms with E-state index in [9.17, 15) is 28.8 Å². The summed E-state index contributed by atoms with van der Waals surface area (Å²) in [5.74, 6) is -5.39. The second-order valence-corrected chi connectivity index (χ2v) is 10.5. The average molecular weight is 618 g/mol. The van der Waals surface area contributed by atoms with Crippen molar-refractivity contribution in [2.24, 2.45) is 0 Å². The van der Waals surface area contributed by atoms with Gasteiger partial charge in [0, 0.05) is 39.0 Å². The minimum atomic E-state index is -1.92. The highest BCUT2D eigenvalue weighted by atomic mass is 35.5. The van der Waals surface area contributed by atoms with Crippen LogP contribution in [0.25, 0.3) is 0 Å². The fourth-order valence-electron chi connectivity index (χ4n) is 4.17. The molecule has 6 atom stereocenters. The van der Waals surface area contributed by atoms with Crippen LogP contribution in [0.15, 0.2) is 35.2 Å². The summed E-state index contributed by atoms with van der Waals surface area (Å²) in [6.07, 6.45) is -6.21. The normalized spacial score (nSPS) is 23.2. The number of thioether (sulfide) groups is 1. The molecule has 226 valence electrons. The highest BCUT2D eigenvalue weighted by Gasteiger charge is 2.58. The number of rotatable bonds is 12. The Balaban J connectivity index is 2.77. The molecule has 0 saturated carbocycles. The molecule has 1 aliphatic heterocycles. The SMILES string of the molecule is COC(=O)[C@@]1(Sc2ccccc2)C[C@H](OC(C)=O)[C@@H](NC(C)=O)[C@H]([C@H](OC(C)=O)[C@@H](COC(C)=O)OC(=O)CCl)O1. The van der Waals surface area contributed by atoms with Crippen LogP contribution < -0.4 is 5.32 Å². The molecule has 15 heteroatoms. The van der Waals surface area contributed by atoms with Crippen LogP contribution in [-0.2, 0) is 57.2 Å². The maximum absolute atomic E-state index is 13.4. The highest BCUT2D eigenvalue weighted by Crippen LogP contribution is 2.45. The van der Waals surface area contributed by atoms with Gasteiger partial charge in [-0.2, -0.15) is 0 Å². The number of methoxy groups -OCH3 is 1. The summed E-state index contributed by atoms with van der Waals surface area (Å²) < 4.78 is 32.9. The van der Waals surface area contributed by atoms with E-state index in [1.54, 1.807) is 30.3 Å². The molecule has 2 rings (SSSR count). The lowest BCUT2D eigenvalue weighted by atomic mass is 9.89. The van der Waals surface area contributed by atoms with E-state index < -0.39 is 83.6 Å². The van der Waals surface area contributed by atoms with Gasteiger partial charge < -0.3 is 33.7 Å². The van der Waals surface area contributed by atoms with Crippen molar-refractivity contribution >= 4 is 59.1 Å². The summed E-state index contributed by atoms with van der Waals surface area (Å²) in [5, 5.41) is 2.62.